The van der Waals surface area contributed by atoms with Crippen molar-refractivity contribution in [1.82, 2.24) is 14.5 Å². The van der Waals surface area contributed by atoms with E-state index in [1.807, 2.05) is 22.8 Å². The van der Waals surface area contributed by atoms with Crippen LogP contribution in [-0.4, -0.2) is 14.5 Å². The SMILES string of the molecule is C#Cc1cncc2c(=O)n3c(cc12)-c1[nH]c2ccccc2c1CC3. The molecule has 3 aromatic heterocycles. The summed E-state index contributed by atoms with van der Waals surface area (Å²) in [5, 5.41) is 2.59. The Labute approximate surface area is 137 Å². The molecular formula is C20H13N3O. The molecule has 5 rings (SSSR count). The zero-order valence-electron chi connectivity index (χ0n) is 12.8. The topological polar surface area (TPSA) is 50.7 Å². The second-order valence-electron chi connectivity index (χ2n) is 6.05. The Kier molecular flexibility index (Phi) is 2.51. The van der Waals surface area contributed by atoms with Crippen LogP contribution in [0.25, 0.3) is 33.1 Å². The minimum atomic E-state index is -0.0311. The molecule has 0 unspecified atom stereocenters. The predicted molar refractivity (Wildman–Crippen MR) is 94.9 cm³/mol. The molecule has 0 atom stereocenters. The lowest BCUT2D eigenvalue weighted by Gasteiger charge is -2.20. The quantitative estimate of drug-likeness (QED) is 0.507. The Morgan fingerprint density at radius 1 is 1.17 bits per heavy atom. The summed E-state index contributed by atoms with van der Waals surface area (Å²) in [6.45, 7) is 0.666. The molecule has 0 saturated heterocycles. The zero-order chi connectivity index (χ0) is 16.3. The maximum absolute atomic E-state index is 12.9. The van der Waals surface area contributed by atoms with Crippen LogP contribution in [0.2, 0.25) is 0 Å². The van der Waals surface area contributed by atoms with Gasteiger partial charge in [-0.3, -0.25) is 9.78 Å². The van der Waals surface area contributed by atoms with Gasteiger partial charge in [0.25, 0.3) is 5.56 Å². The Balaban J connectivity index is 1.94. The molecule has 1 aliphatic heterocycles. The van der Waals surface area contributed by atoms with Gasteiger partial charge in [0.15, 0.2) is 0 Å². The maximum atomic E-state index is 12.9. The number of fused-ring (bicyclic) bond motifs is 6. The number of aromatic amines is 1. The van der Waals surface area contributed by atoms with E-state index < -0.39 is 0 Å². The standard InChI is InChI=1S/C20H13N3O/c1-2-12-10-21-11-16-15(12)9-18-19-14(7-8-23(18)20(16)24)13-5-3-4-6-17(13)22-19/h1,3-6,9-11,22H,7-8H2. The van der Waals surface area contributed by atoms with Gasteiger partial charge in [0.05, 0.1) is 22.3 Å². The third-order valence-corrected chi connectivity index (χ3v) is 4.85. The highest BCUT2D eigenvalue weighted by atomic mass is 16.1. The molecule has 24 heavy (non-hydrogen) atoms. The van der Waals surface area contributed by atoms with Gasteiger partial charge in [0.1, 0.15) is 0 Å². The van der Waals surface area contributed by atoms with Crippen LogP contribution < -0.4 is 5.56 Å². The lowest BCUT2D eigenvalue weighted by Crippen LogP contribution is -2.26. The third kappa shape index (κ3) is 1.59. The highest BCUT2D eigenvalue weighted by Gasteiger charge is 2.23. The van der Waals surface area contributed by atoms with E-state index in [4.69, 9.17) is 6.42 Å². The Hall–Kier alpha value is -3.32. The van der Waals surface area contributed by atoms with Crippen LogP contribution in [0.5, 0.6) is 0 Å². The van der Waals surface area contributed by atoms with Crippen molar-refractivity contribution in [1.29, 1.82) is 0 Å². The second-order valence-corrected chi connectivity index (χ2v) is 6.05. The van der Waals surface area contributed by atoms with Gasteiger partial charge >= 0.3 is 0 Å². The molecular weight excluding hydrogens is 298 g/mol. The smallest absolute Gasteiger partial charge is 0.260 e. The molecule has 0 fully saturated rings. The molecule has 0 aliphatic carbocycles. The Bertz CT molecular complexity index is 1240. The summed E-state index contributed by atoms with van der Waals surface area (Å²) in [5.74, 6) is 2.63. The van der Waals surface area contributed by atoms with Crippen molar-refractivity contribution < 1.29 is 0 Å². The number of nitrogens with zero attached hydrogens (tertiary/aromatic N) is 2. The number of nitrogens with one attached hydrogen (secondary N) is 1. The number of aryl methyl sites for hydroxylation is 1. The van der Waals surface area contributed by atoms with Gasteiger partial charge in [-0.2, -0.15) is 0 Å². The van der Waals surface area contributed by atoms with Crippen molar-refractivity contribution >= 4 is 21.7 Å². The first-order valence-electron chi connectivity index (χ1n) is 7.86. The summed E-state index contributed by atoms with van der Waals surface area (Å²) in [6.07, 6.45) is 9.66. The van der Waals surface area contributed by atoms with Crippen LogP contribution in [0.1, 0.15) is 11.1 Å². The van der Waals surface area contributed by atoms with Gasteiger partial charge < -0.3 is 9.55 Å². The fourth-order valence-electron chi connectivity index (χ4n) is 3.71. The first-order valence-corrected chi connectivity index (χ1v) is 7.86. The van der Waals surface area contributed by atoms with Crippen molar-refractivity contribution in [2.75, 3.05) is 0 Å². The van der Waals surface area contributed by atoms with Crippen molar-refractivity contribution in [3.05, 3.63) is 64.2 Å². The minimum Gasteiger partial charge on any atom is -0.353 e. The summed E-state index contributed by atoms with van der Waals surface area (Å²) in [6, 6.07) is 10.3. The number of para-hydroxylation sites is 1. The van der Waals surface area contributed by atoms with Crippen LogP contribution in [0.15, 0.2) is 47.5 Å². The van der Waals surface area contributed by atoms with Gasteiger partial charge in [-0.05, 0) is 24.1 Å². The Morgan fingerprint density at radius 3 is 2.92 bits per heavy atom. The van der Waals surface area contributed by atoms with E-state index in [0.717, 1.165) is 28.7 Å². The summed E-state index contributed by atoms with van der Waals surface area (Å²) in [5.41, 5.74) is 4.89. The Morgan fingerprint density at radius 2 is 2.04 bits per heavy atom. The van der Waals surface area contributed by atoms with Gasteiger partial charge in [-0.25, -0.2) is 0 Å². The highest BCUT2D eigenvalue weighted by molar-refractivity contribution is 5.94. The molecule has 1 aromatic carbocycles. The lowest BCUT2D eigenvalue weighted by molar-refractivity contribution is 0.665. The average Bonchev–Trinajstić information content (AvgIpc) is 3.01. The van der Waals surface area contributed by atoms with E-state index >= 15 is 0 Å². The van der Waals surface area contributed by atoms with Crippen molar-refractivity contribution in [3.63, 3.8) is 0 Å². The highest BCUT2D eigenvalue weighted by Crippen LogP contribution is 2.35. The molecule has 0 spiro atoms. The molecule has 4 heteroatoms. The number of benzene rings is 1. The first kappa shape index (κ1) is 13.1. The number of pyridine rings is 2. The van der Waals surface area contributed by atoms with E-state index in [0.29, 0.717) is 17.5 Å². The zero-order valence-corrected chi connectivity index (χ0v) is 12.8. The van der Waals surface area contributed by atoms with E-state index in [9.17, 15) is 4.79 Å². The van der Waals surface area contributed by atoms with Crippen molar-refractivity contribution in [3.8, 4) is 23.7 Å². The van der Waals surface area contributed by atoms with Gasteiger partial charge in [-0.1, -0.05) is 24.1 Å². The van der Waals surface area contributed by atoms with Gasteiger partial charge in [0.2, 0.25) is 0 Å². The largest absolute Gasteiger partial charge is 0.353 e. The molecule has 0 bridgehead atoms. The van der Waals surface area contributed by atoms with Gasteiger partial charge in [0, 0.05) is 35.2 Å². The first-order chi connectivity index (χ1) is 11.8. The molecule has 4 aromatic rings. The number of hydrogen-bond acceptors (Lipinski definition) is 2. The molecule has 114 valence electrons. The lowest BCUT2D eigenvalue weighted by atomic mass is 9.99. The summed E-state index contributed by atoms with van der Waals surface area (Å²) in [4.78, 5) is 20.5. The maximum Gasteiger partial charge on any atom is 0.260 e. The van der Waals surface area contributed by atoms with Crippen LogP contribution in [0, 0.1) is 12.3 Å². The normalized spacial score (nSPS) is 12.8. The number of aromatic nitrogens is 3. The number of rotatable bonds is 0. The van der Waals surface area contributed by atoms with E-state index in [2.05, 4.69) is 28.0 Å². The second kappa shape index (κ2) is 4.59. The van der Waals surface area contributed by atoms with Crippen molar-refractivity contribution in [2.45, 2.75) is 13.0 Å². The van der Waals surface area contributed by atoms with E-state index in [1.54, 1.807) is 12.4 Å². The van der Waals surface area contributed by atoms with Crippen LogP contribution in [-0.2, 0) is 13.0 Å². The van der Waals surface area contributed by atoms with Crippen LogP contribution in [0.3, 0.4) is 0 Å². The fourth-order valence-corrected chi connectivity index (χ4v) is 3.71. The van der Waals surface area contributed by atoms with E-state index in [-0.39, 0.29) is 5.56 Å². The molecule has 1 N–H and O–H groups in total. The van der Waals surface area contributed by atoms with Crippen molar-refractivity contribution in [2.24, 2.45) is 0 Å². The minimum absolute atomic E-state index is 0.0311. The van der Waals surface area contributed by atoms with Crippen LogP contribution in [0.4, 0.5) is 0 Å². The summed E-state index contributed by atoms with van der Waals surface area (Å²) < 4.78 is 1.82. The molecule has 4 nitrogen and oxygen atoms in total. The van der Waals surface area contributed by atoms with E-state index in [1.165, 1.54) is 10.9 Å². The average molecular weight is 311 g/mol. The third-order valence-electron chi connectivity index (χ3n) is 4.85. The summed E-state index contributed by atoms with van der Waals surface area (Å²) >= 11 is 0. The fraction of sp³-hybridized carbons (Fsp3) is 0.100. The molecule has 0 amide bonds. The molecule has 1 aliphatic rings. The number of hydrogen-bond donors (Lipinski definition) is 1. The number of H-pyrrole nitrogens is 1. The van der Waals surface area contributed by atoms with Gasteiger partial charge in [-0.15, -0.1) is 6.42 Å². The van der Waals surface area contributed by atoms with Crippen LogP contribution >= 0.6 is 0 Å². The molecule has 0 radical (unpaired) electrons. The predicted octanol–water partition coefficient (Wildman–Crippen LogP) is 3.08. The summed E-state index contributed by atoms with van der Waals surface area (Å²) in [7, 11) is 0. The molecule has 0 saturated carbocycles. The number of terminal acetylenes is 1. The molecule has 4 heterocycles. The monoisotopic (exact) mass is 311 g/mol.